The van der Waals surface area contributed by atoms with Gasteiger partial charge in [-0.15, -0.1) is 0 Å². The quantitative estimate of drug-likeness (QED) is 0.507. The number of aliphatic hydroxyl groups excluding tert-OH is 1. The van der Waals surface area contributed by atoms with E-state index in [0.29, 0.717) is 6.04 Å². The molecule has 0 aromatic rings. The number of piperidine rings is 1. The maximum absolute atomic E-state index is 9.92. The van der Waals surface area contributed by atoms with Crippen molar-refractivity contribution < 1.29 is 10.3 Å². The fourth-order valence-electron chi connectivity index (χ4n) is 2.73. The maximum Gasteiger partial charge on any atom is 0.0695 e. The highest BCUT2D eigenvalue weighted by Gasteiger charge is 2.30. The Kier molecular flexibility index (Phi) is 3.59. The van der Waals surface area contributed by atoms with Crippen LogP contribution in [0.25, 0.3) is 0 Å². The Bertz CT molecular complexity index is 233. The summed E-state index contributed by atoms with van der Waals surface area (Å²) < 4.78 is 0. The number of hydrogen-bond acceptors (Lipinski definition) is 4. The van der Waals surface area contributed by atoms with E-state index in [2.05, 4.69) is 10.1 Å². The summed E-state index contributed by atoms with van der Waals surface area (Å²) >= 11 is 0. The first-order valence-electron chi connectivity index (χ1n) is 5.93. The van der Waals surface area contributed by atoms with Crippen LogP contribution in [0.15, 0.2) is 5.16 Å². The number of hydrogen-bond donors (Lipinski definition) is 2. The lowest BCUT2D eigenvalue weighted by Crippen LogP contribution is -2.48. The van der Waals surface area contributed by atoms with Crippen molar-refractivity contribution >= 4 is 5.71 Å². The first kappa shape index (κ1) is 10.9. The van der Waals surface area contributed by atoms with E-state index in [1.807, 2.05) is 0 Å². The molecule has 0 aromatic heterocycles. The third-order valence-electron chi connectivity index (χ3n) is 3.68. The summed E-state index contributed by atoms with van der Waals surface area (Å²) in [6, 6.07) is 0.346. The SMILES string of the molecule is ON=C1CCN(C2CCCCC2O)CC1. The molecule has 2 fully saturated rings. The van der Waals surface area contributed by atoms with Crippen LogP contribution in [0.2, 0.25) is 0 Å². The van der Waals surface area contributed by atoms with Crippen molar-refractivity contribution in [3.63, 3.8) is 0 Å². The standard InChI is InChI=1S/C11H20N2O2/c14-11-4-2-1-3-10(11)13-7-5-9(12-15)6-8-13/h10-11,14-15H,1-8H2. The molecule has 1 heterocycles. The van der Waals surface area contributed by atoms with Crippen molar-refractivity contribution in [2.24, 2.45) is 5.16 Å². The molecule has 1 aliphatic carbocycles. The molecule has 0 spiro atoms. The molecule has 2 unspecified atom stereocenters. The van der Waals surface area contributed by atoms with Gasteiger partial charge in [0.1, 0.15) is 0 Å². The second-order valence-electron chi connectivity index (χ2n) is 4.62. The van der Waals surface area contributed by atoms with Crippen molar-refractivity contribution in [1.29, 1.82) is 0 Å². The van der Waals surface area contributed by atoms with Gasteiger partial charge in [-0.25, -0.2) is 0 Å². The van der Waals surface area contributed by atoms with E-state index in [9.17, 15) is 5.11 Å². The molecule has 0 amide bonds. The van der Waals surface area contributed by atoms with Gasteiger partial charge in [-0.2, -0.15) is 0 Å². The van der Waals surface area contributed by atoms with Crippen LogP contribution in [0.3, 0.4) is 0 Å². The largest absolute Gasteiger partial charge is 0.411 e. The maximum atomic E-state index is 9.92. The fourth-order valence-corrected chi connectivity index (χ4v) is 2.73. The summed E-state index contributed by atoms with van der Waals surface area (Å²) in [4.78, 5) is 2.36. The monoisotopic (exact) mass is 212 g/mol. The minimum Gasteiger partial charge on any atom is -0.411 e. The number of aliphatic hydroxyl groups is 1. The third-order valence-corrected chi connectivity index (χ3v) is 3.68. The number of nitrogens with zero attached hydrogens (tertiary/aromatic N) is 2. The molecule has 4 nitrogen and oxygen atoms in total. The van der Waals surface area contributed by atoms with E-state index in [-0.39, 0.29) is 6.10 Å². The Morgan fingerprint density at radius 3 is 2.40 bits per heavy atom. The lowest BCUT2D eigenvalue weighted by Gasteiger charge is -2.39. The van der Waals surface area contributed by atoms with Gasteiger partial charge in [0.2, 0.25) is 0 Å². The minimum absolute atomic E-state index is 0.147. The molecule has 0 aromatic carbocycles. The third kappa shape index (κ3) is 2.49. The summed E-state index contributed by atoms with van der Waals surface area (Å²) in [5.74, 6) is 0. The van der Waals surface area contributed by atoms with Gasteiger partial charge in [-0.05, 0) is 12.8 Å². The Morgan fingerprint density at radius 2 is 1.80 bits per heavy atom. The summed E-state index contributed by atoms with van der Waals surface area (Å²) in [6.45, 7) is 1.86. The zero-order valence-corrected chi connectivity index (χ0v) is 9.10. The van der Waals surface area contributed by atoms with E-state index in [1.165, 1.54) is 6.42 Å². The van der Waals surface area contributed by atoms with E-state index < -0.39 is 0 Å². The zero-order valence-electron chi connectivity index (χ0n) is 9.10. The van der Waals surface area contributed by atoms with Crippen molar-refractivity contribution in [3.05, 3.63) is 0 Å². The molecule has 4 heteroatoms. The molecular formula is C11H20N2O2. The molecule has 1 saturated carbocycles. The number of rotatable bonds is 1. The van der Waals surface area contributed by atoms with Gasteiger partial charge < -0.3 is 10.3 Å². The number of oxime groups is 1. The summed E-state index contributed by atoms with van der Waals surface area (Å²) in [5.41, 5.74) is 0.900. The van der Waals surface area contributed by atoms with E-state index in [0.717, 1.165) is 50.9 Å². The molecule has 0 radical (unpaired) electrons. The summed E-state index contributed by atoms with van der Waals surface area (Å²) in [7, 11) is 0. The van der Waals surface area contributed by atoms with Crippen molar-refractivity contribution in [3.8, 4) is 0 Å². The Morgan fingerprint density at radius 1 is 1.13 bits per heavy atom. The highest BCUT2D eigenvalue weighted by atomic mass is 16.4. The van der Waals surface area contributed by atoms with Crippen LogP contribution in [-0.4, -0.2) is 46.2 Å². The molecule has 15 heavy (non-hydrogen) atoms. The van der Waals surface area contributed by atoms with Gasteiger partial charge in [-0.1, -0.05) is 18.0 Å². The van der Waals surface area contributed by atoms with Gasteiger partial charge in [-0.3, -0.25) is 4.90 Å². The minimum atomic E-state index is -0.147. The normalized spacial score (nSPS) is 34.1. The van der Waals surface area contributed by atoms with Crippen molar-refractivity contribution in [2.75, 3.05) is 13.1 Å². The average Bonchev–Trinajstić information content (AvgIpc) is 2.30. The second-order valence-corrected chi connectivity index (χ2v) is 4.62. The first-order chi connectivity index (χ1) is 7.31. The molecule has 2 N–H and O–H groups in total. The molecule has 86 valence electrons. The molecule has 2 atom stereocenters. The Hall–Kier alpha value is -0.610. The van der Waals surface area contributed by atoms with Gasteiger partial charge >= 0.3 is 0 Å². The van der Waals surface area contributed by atoms with Crippen LogP contribution in [0.5, 0.6) is 0 Å². The van der Waals surface area contributed by atoms with Gasteiger partial charge in [0.15, 0.2) is 0 Å². The number of likely N-dealkylation sites (tertiary alicyclic amines) is 1. The van der Waals surface area contributed by atoms with Crippen LogP contribution in [0, 0.1) is 0 Å². The average molecular weight is 212 g/mol. The van der Waals surface area contributed by atoms with Gasteiger partial charge in [0.25, 0.3) is 0 Å². The highest BCUT2D eigenvalue weighted by molar-refractivity contribution is 5.84. The Labute approximate surface area is 90.6 Å². The van der Waals surface area contributed by atoms with Crippen LogP contribution in [0.4, 0.5) is 0 Å². The van der Waals surface area contributed by atoms with E-state index in [1.54, 1.807) is 0 Å². The molecule has 0 bridgehead atoms. The predicted molar refractivity (Wildman–Crippen MR) is 58.3 cm³/mol. The van der Waals surface area contributed by atoms with Crippen LogP contribution >= 0.6 is 0 Å². The smallest absolute Gasteiger partial charge is 0.0695 e. The van der Waals surface area contributed by atoms with E-state index >= 15 is 0 Å². The molecule has 1 aliphatic heterocycles. The topological polar surface area (TPSA) is 56.1 Å². The lowest BCUT2D eigenvalue weighted by molar-refractivity contribution is 0.0191. The molecule has 2 aliphatic rings. The van der Waals surface area contributed by atoms with Crippen LogP contribution in [0.1, 0.15) is 38.5 Å². The second kappa shape index (κ2) is 4.94. The van der Waals surface area contributed by atoms with Crippen molar-refractivity contribution in [2.45, 2.75) is 50.7 Å². The summed E-state index contributed by atoms with van der Waals surface area (Å²) in [5, 5.41) is 21.9. The Balaban J connectivity index is 1.88. The molecule has 1 saturated heterocycles. The fraction of sp³-hybridized carbons (Fsp3) is 0.909. The van der Waals surface area contributed by atoms with Crippen LogP contribution in [-0.2, 0) is 0 Å². The summed E-state index contributed by atoms with van der Waals surface area (Å²) in [6.07, 6.45) is 6.01. The van der Waals surface area contributed by atoms with E-state index in [4.69, 9.17) is 5.21 Å². The highest BCUT2D eigenvalue weighted by Crippen LogP contribution is 2.25. The van der Waals surface area contributed by atoms with Crippen molar-refractivity contribution in [1.82, 2.24) is 4.90 Å². The molecule has 2 rings (SSSR count). The molecular weight excluding hydrogens is 192 g/mol. The van der Waals surface area contributed by atoms with Crippen LogP contribution < -0.4 is 0 Å². The predicted octanol–water partition coefficient (Wildman–Crippen LogP) is 1.22. The lowest BCUT2D eigenvalue weighted by atomic mass is 9.90. The van der Waals surface area contributed by atoms with Gasteiger partial charge in [0, 0.05) is 32.0 Å². The van der Waals surface area contributed by atoms with Gasteiger partial charge in [0.05, 0.1) is 11.8 Å². The first-order valence-corrected chi connectivity index (χ1v) is 5.93. The zero-order chi connectivity index (χ0) is 10.7.